The SMILES string of the molecule is CC(=O)NCc1ccc(C2CC2)cc1Cl. The van der Waals surface area contributed by atoms with E-state index in [1.54, 1.807) is 0 Å². The van der Waals surface area contributed by atoms with Crippen molar-refractivity contribution in [1.29, 1.82) is 0 Å². The Kier molecular flexibility index (Phi) is 2.96. The fraction of sp³-hybridized carbons (Fsp3) is 0.417. The molecule has 0 aromatic heterocycles. The van der Waals surface area contributed by atoms with Gasteiger partial charge in [-0.2, -0.15) is 0 Å². The summed E-state index contributed by atoms with van der Waals surface area (Å²) in [6.07, 6.45) is 2.56. The highest BCUT2D eigenvalue weighted by Crippen LogP contribution is 2.41. The summed E-state index contributed by atoms with van der Waals surface area (Å²) in [6.45, 7) is 2.02. The quantitative estimate of drug-likeness (QED) is 0.839. The van der Waals surface area contributed by atoms with Crippen LogP contribution < -0.4 is 5.32 Å². The number of rotatable bonds is 3. The van der Waals surface area contributed by atoms with E-state index in [-0.39, 0.29) is 5.91 Å². The van der Waals surface area contributed by atoms with Gasteiger partial charge in [-0.1, -0.05) is 23.7 Å². The van der Waals surface area contributed by atoms with Crippen molar-refractivity contribution >= 4 is 17.5 Å². The highest BCUT2D eigenvalue weighted by Gasteiger charge is 2.23. The summed E-state index contributed by atoms with van der Waals surface area (Å²) in [5.41, 5.74) is 2.31. The lowest BCUT2D eigenvalue weighted by Crippen LogP contribution is -2.19. The van der Waals surface area contributed by atoms with Crippen molar-refractivity contribution in [3.05, 3.63) is 34.3 Å². The number of benzene rings is 1. The van der Waals surface area contributed by atoms with Gasteiger partial charge in [0.05, 0.1) is 0 Å². The van der Waals surface area contributed by atoms with Gasteiger partial charge in [-0.25, -0.2) is 0 Å². The molecule has 1 saturated carbocycles. The van der Waals surface area contributed by atoms with Gasteiger partial charge in [0, 0.05) is 18.5 Å². The monoisotopic (exact) mass is 223 g/mol. The zero-order chi connectivity index (χ0) is 10.8. The van der Waals surface area contributed by atoms with Crippen LogP contribution in [0.1, 0.15) is 36.8 Å². The minimum Gasteiger partial charge on any atom is -0.352 e. The molecule has 2 nitrogen and oxygen atoms in total. The molecule has 80 valence electrons. The third-order valence-corrected chi connectivity index (χ3v) is 3.01. The highest BCUT2D eigenvalue weighted by atomic mass is 35.5. The highest BCUT2D eigenvalue weighted by molar-refractivity contribution is 6.31. The normalized spacial score (nSPS) is 15.1. The maximum atomic E-state index is 10.8. The third-order valence-electron chi connectivity index (χ3n) is 2.65. The van der Waals surface area contributed by atoms with Crippen LogP contribution >= 0.6 is 11.6 Å². The van der Waals surface area contributed by atoms with Crippen LogP contribution in [0.5, 0.6) is 0 Å². The lowest BCUT2D eigenvalue weighted by atomic mass is 10.1. The first-order valence-corrected chi connectivity index (χ1v) is 5.57. The van der Waals surface area contributed by atoms with E-state index in [1.165, 1.54) is 25.3 Å². The third kappa shape index (κ3) is 2.72. The predicted octanol–water partition coefficient (Wildman–Crippen LogP) is 2.85. The van der Waals surface area contributed by atoms with Gasteiger partial charge in [0.1, 0.15) is 0 Å². The number of hydrogen-bond donors (Lipinski definition) is 1. The molecule has 1 N–H and O–H groups in total. The topological polar surface area (TPSA) is 29.1 Å². The number of nitrogens with one attached hydrogen (secondary N) is 1. The number of carbonyl (C=O) groups excluding carboxylic acids is 1. The van der Waals surface area contributed by atoms with Gasteiger partial charge in [-0.05, 0) is 36.0 Å². The lowest BCUT2D eigenvalue weighted by molar-refractivity contribution is -0.119. The summed E-state index contributed by atoms with van der Waals surface area (Å²) in [5, 5.41) is 3.50. The Morgan fingerprint density at radius 1 is 1.53 bits per heavy atom. The summed E-state index contributed by atoms with van der Waals surface area (Å²) in [5.74, 6) is 0.689. The maximum Gasteiger partial charge on any atom is 0.217 e. The van der Waals surface area contributed by atoms with Gasteiger partial charge in [-0.3, -0.25) is 4.79 Å². The van der Waals surface area contributed by atoms with Crippen molar-refractivity contribution in [1.82, 2.24) is 5.32 Å². The molecular formula is C12H14ClNO. The molecule has 0 atom stereocenters. The minimum absolute atomic E-state index is 0.0302. The lowest BCUT2D eigenvalue weighted by Gasteiger charge is -2.07. The Bertz CT molecular complexity index is 385. The average molecular weight is 224 g/mol. The fourth-order valence-electron chi connectivity index (χ4n) is 1.60. The molecular weight excluding hydrogens is 210 g/mol. The first-order valence-electron chi connectivity index (χ1n) is 5.19. The second-order valence-corrected chi connectivity index (χ2v) is 4.44. The van der Waals surface area contributed by atoms with Gasteiger partial charge in [0.2, 0.25) is 5.91 Å². The fourth-order valence-corrected chi connectivity index (χ4v) is 1.85. The molecule has 1 amide bonds. The van der Waals surface area contributed by atoms with Crippen LogP contribution in [0.2, 0.25) is 5.02 Å². The minimum atomic E-state index is -0.0302. The Hall–Kier alpha value is -1.02. The molecule has 2 rings (SSSR count). The summed E-state index contributed by atoms with van der Waals surface area (Å²) < 4.78 is 0. The molecule has 0 saturated heterocycles. The van der Waals surface area contributed by atoms with E-state index in [4.69, 9.17) is 11.6 Å². The first-order chi connectivity index (χ1) is 7.16. The average Bonchev–Trinajstić information content (AvgIpc) is 2.98. The Morgan fingerprint density at radius 3 is 2.80 bits per heavy atom. The van der Waals surface area contributed by atoms with E-state index >= 15 is 0 Å². The molecule has 0 spiro atoms. The summed E-state index contributed by atoms with van der Waals surface area (Å²) in [7, 11) is 0. The van der Waals surface area contributed by atoms with E-state index < -0.39 is 0 Å². The van der Waals surface area contributed by atoms with E-state index in [0.29, 0.717) is 6.54 Å². The Balaban J connectivity index is 2.08. The molecule has 1 aromatic carbocycles. The van der Waals surface area contributed by atoms with Crippen molar-refractivity contribution in [3.63, 3.8) is 0 Å². The van der Waals surface area contributed by atoms with Crippen molar-refractivity contribution in [2.45, 2.75) is 32.2 Å². The Labute approximate surface area is 94.6 Å². The second-order valence-electron chi connectivity index (χ2n) is 4.03. The van der Waals surface area contributed by atoms with Crippen molar-refractivity contribution in [2.24, 2.45) is 0 Å². The van der Waals surface area contributed by atoms with Gasteiger partial charge in [0.15, 0.2) is 0 Å². The number of halogens is 1. The van der Waals surface area contributed by atoms with Crippen LogP contribution in [-0.2, 0) is 11.3 Å². The van der Waals surface area contributed by atoms with Crippen molar-refractivity contribution in [3.8, 4) is 0 Å². The number of carbonyl (C=O) groups is 1. The van der Waals surface area contributed by atoms with Crippen molar-refractivity contribution in [2.75, 3.05) is 0 Å². The van der Waals surface area contributed by atoms with Crippen LogP contribution in [0.15, 0.2) is 18.2 Å². The molecule has 3 heteroatoms. The molecule has 0 bridgehead atoms. The van der Waals surface area contributed by atoms with Gasteiger partial charge in [0.25, 0.3) is 0 Å². The second kappa shape index (κ2) is 4.23. The molecule has 1 fully saturated rings. The van der Waals surface area contributed by atoms with Crippen LogP contribution in [0, 0.1) is 0 Å². The van der Waals surface area contributed by atoms with Crippen molar-refractivity contribution < 1.29 is 4.79 Å². The summed E-state index contributed by atoms with van der Waals surface area (Å²) in [6, 6.07) is 6.14. The smallest absolute Gasteiger partial charge is 0.217 e. The molecule has 1 aliphatic rings. The number of hydrogen-bond acceptors (Lipinski definition) is 1. The number of amides is 1. The van der Waals surface area contributed by atoms with Gasteiger partial charge >= 0.3 is 0 Å². The standard InChI is InChI=1S/C12H14ClNO/c1-8(15)14-7-11-5-4-10(6-12(11)13)9-2-3-9/h4-6,9H,2-3,7H2,1H3,(H,14,15). The Morgan fingerprint density at radius 2 is 2.27 bits per heavy atom. The zero-order valence-corrected chi connectivity index (χ0v) is 9.47. The molecule has 0 aliphatic heterocycles. The predicted molar refractivity (Wildman–Crippen MR) is 60.9 cm³/mol. The van der Waals surface area contributed by atoms with Crippen LogP contribution in [-0.4, -0.2) is 5.91 Å². The largest absolute Gasteiger partial charge is 0.352 e. The van der Waals surface area contributed by atoms with Crippen LogP contribution in [0.25, 0.3) is 0 Å². The van der Waals surface area contributed by atoms with E-state index in [0.717, 1.165) is 16.5 Å². The van der Waals surface area contributed by atoms with E-state index in [9.17, 15) is 4.79 Å². The van der Waals surface area contributed by atoms with Crippen LogP contribution in [0.3, 0.4) is 0 Å². The van der Waals surface area contributed by atoms with E-state index in [1.807, 2.05) is 12.1 Å². The molecule has 0 radical (unpaired) electrons. The molecule has 0 unspecified atom stereocenters. The molecule has 0 heterocycles. The first kappa shape index (κ1) is 10.5. The molecule has 1 aliphatic carbocycles. The summed E-state index contributed by atoms with van der Waals surface area (Å²) in [4.78, 5) is 10.8. The van der Waals surface area contributed by atoms with E-state index in [2.05, 4.69) is 11.4 Å². The summed E-state index contributed by atoms with van der Waals surface area (Å²) >= 11 is 6.13. The molecule has 15 heavy (non-hydrogen) atoms. The van der Waals surface area contributed by atoms with Gasteiger partial charge in [-0.15, -0.1) is 0 Å². The zero-order valence-electron chi connectivity index (χ0n) is 8.72. The molecule has 1 aromatic rings. The van der Waals surface area contributed by atoms with Crippen LogP contribution in [0.4, 0.5) is 0 Å². The maximum absolute atomic E-state index is 10.8. The van der Waals surface area contributed by atoms with Gasteiger partial charge < -0.3 is 5.32 Å².